The molecule has 1 aromatic carbocycles. The van der Waals surface area contributed by atoms with Crippen molar-refractivity contribution in [2.75, 3.05) is 13.2 Å². The minimum absolute atomic E-state index is 0.384. The molecule has 0 fully saturated rings. The average molecular weight is 279 g/mol. The highest BCUT2D eigenvalue weighted by Crippen LogP contribution is 2.13. The number of carbonyl (C=O) groups is 1. The quantitative estimate of drug-likeness (QED) is 0.810. The zero-order valence-electron chi connectivity index (χ0n) is 12.9. The first kappa shape index (κ1) is 16.3. The van der Waals surface area contributed by atoms with Crippen LogP contribution >= 0.6 is 0 Å². The van der Waals surface area contributed by atoms with Crippen LogP contribution in [0.25, 0.3) is 0 Å². The Morgan fingerprint density at radius 2 is 2.05 bits per heavy atom. The second kappa shape index (κ2) is 7.78. The van der Waals surface area contributed by atoms with E-state index in [4.69, 9.17) is 9.47 Å². The number of alkyl carbamates (subject to hydrolysis) is 1. The van der Waals surface area contributed by atoms with Crippen LogP contribution in [0.5, 0.6) is 5.75 Å². The van der Waals surface area contributed by atoms with Gasteiger partial charge >= 0.3 is 6.09 Å². The molecular weight excluding hydrogens is 254 g/mol. The first-order valence-corrected chi connectivity index (χ1v) is 7.09. The highest BCUT2D eigenvalue weighted by Gasteiger charge is 2.15. The summed E-state index contributed by atoms with van der Waals surface area (Å²) in [4.78, 5) is 11.4. The minimum atomic E-state index is -0.457. The fraction of sp³-hybridized carbons (Fsp3) is 0.562. The molecule has 0 radical (unpaired) electrons. The normalized spacial score (nSPS) is 11.0. The van der Waals surface area contributed by atoms with Crippen LogP contribution < -0.4 is 10.1 Å². The van der Waals surface area contributed by atoms with Crippen LogP contribution in [0.3, 0.4) is 0 Å². The van der Waals surface area contributed by atoms with Crippen LogP contribution in [0.2, 0.25) is 0 Å². The summed E-state index contributed by atoms with van der Waals surface area (Å²) in [7, 11) is 0. The monoisotopic (exact) mass is 279 g/mol. The molecule has 1 aromatic rings. The Hall–Kier alpha value is -1.71. The molecule has 0 saturated carbocycles. The zero-order chi connectivity index (χ0) is 15.0. The van der Waals surface area contributed by atoms with Gasteiger partial charge in [0.2, 0.25) is 0 Å². The number of carbonyl (C=O) groups excluding carboxylic acids is 1. The number of aryl methyl sites for hydroxylation is 1. The Kier molecular flexibility index (Phi) is 6.36. The van der Waals surface area contributed by atoms with Gasteiger partial charge in [-0.1, -0.05) is 19.1 Å². The summed E-state index contributed by atoms with van der Waals surface area (Å²) in [6.45, 7) is 8.76. The van der Waals surface area contributed by atoms with E-state index in [1.807, 2.05) is 39.0 Å². The summed E-state index contributed by atoms with van der Waals surface area (Å²) in [5.74, 6) is 0.876. The lowest BCUT2D eigenvalue weighted by atomic mass is 10.2. The molecular formula is C16H25NO3. The van der Waals surface area contributed by atoms with E-state index in [-0.39, 0.29) is 6.09 Å². The van der Waals surface area contributed by atoms with Crippen molar-refractivity contribution in [3.8, 4) is 5.75 Å². The molecule has 4 nitrogen and oxygen atoms in total. The second-order valence-corrected chi connectivity index (χ2v) is 5.63. The largest absolute Gasteiger partial charge is 0.494 e. The van der Waals surface area contributed by atoms with Gasteiger partial charge in [0.25, 0.3) is 0 Å². The lowest BCUT2D eigenvalue weighted by Gasteiger charge is -2.19. The highest BCUT2D eigenvalue weighted by molar-refractivity contribution is 5.67. The third-order valence-electron chi connectivity index (χ3n) is 2.56. The van der Waals surface area contributed by atoms with E-state index in [9.17, 15) is 4.79 Å². The molecule has 1 N–H and O–H groups in total. The molecule has 20 heavy (non-hydrogen) atoms. The van der Waals surface area contributed by atoms with Crippen molar-refractivity contribution >= 4 is 6.09 Å². The van der Waals surface area contributed by atoms with Gasteiger partial charge in [-0.2, -0.15) is 0 Å². The van der Waals surface area contributed by atoms with Crippen molar-refractivity contribution in [1.82, 2.24) is 5.32 Å². The number of benzene rings is 1. The Morgan fingerprint density at radius 3 is 2.70 bits per heavy atom. The van der Waals surface area contributed by atoms with Crippen LogP contribution in [0, 0.1) is 0 Å². The molecule has 0 bridgehead atoms. The number of ether oxygens (including phenoxy) is 2. The number of rotatable bonds is 6. The van der Waals surface area contributed by atoms with Gasteiger partial charge < -0.3 is 14.8 Å². The molecule has 1 rings (SSSR count). The number of hydrogen-bond acceptors (Lipinski definition) is 3. The Morgan fingerprint density at radius 1 is 1.30 bits per heavy atom. The van der Waals surface area contributed by atoms with Crippen LogP contribution in [0.1, 0.15) is 39.7 Å². The van der Waals surface area contributed by atoms with Crippen LogP contribution in [-0.4, -0.2) is 24.8 Å². The number of nitrogens with one attached hydrogen (secondary N) is 1. The molecule has 4 heteroatoms. The molecule has 0 atom stereocenters. The summed E-state index contributed by atoms with van der Waals surface area (Å²) < 4.78 is 10.8. The van der Waals surface area contributed by atoms with Gasteiger partial charge in [-0.05, 0) is 51.3 Å². The van der Waals surface area contributed by atoms with Gasteiger partial charge in [0.15, 0.2) is 0 Å². The average Bonchev–Trinajstić information content (AvgIpc) is 2.36. The Bertz CT molecular complexity index is 424. The van der Waals surface area contributed by atoms with E-state index >= 15 is 0 Å². The predicted molar refractivity (Wildman–Crippen MR) is 80.2 cm³/mol. The minimum Gasteiger partial charge on any atom is -0.494 e. The Labute approximate surface area is 121 Å². The topological polar surface area (TPSA) is 47.6 Å². The van der Waals surface area contributed by atoms with Gasteiger partial charge in [0.05, 0.1) is 6.61 Å². The molecule has 112 valence electrons. The molecule has 0 unspecified atom stereocenters. The highest BCUT2D eigenvalue weighted by atomic mass is 16.6. The lowest BCUT2D eigenvalue weighted by Crippen LogP contribution is -2.33. The van der Waals surface area contributed by atoms with E-state index in [1.54, 1.807) is 0 Å². The first-order valence-electron chi connectivity index (χ1n) is 7.09. The van der Waals surface area contributed by atoms with Gasteiger partial charge in [-0.15, -0.1) is 0 Å². The molecule has 0 aliphatic heterocycles. The first-order chi connectivity index (χ1) is 9.40. The smallest absolute Gasteiger partial charge is 0.407 e. The van der Waals surface area contributed by atoms with Crippen molar-refractivity contribution in [1.29, 1.82) is 0 Å². The third-order valence-corrected chi connectivity index (χ3v) is 2.56. The fourth-order valence-electron chi connectivity index (χ4n) is 1.62. The predicted octanol–water partition coefficient (Wildman–Crippen LogP) is 3.54. The molecule has 0 spiro atoms. The molecule has 0 aromatic heterocycles. The van der Waals surface area contributed by atoms with E-state index in [1.165, 1.54) is 5.56 Å². The number of hydrogen-bond donors (Lipinski definition) is 1. The summed E-state index contributed by atoms with van der Waals surface area (Å²) in [5, 5.41) is 2.71. The summed E-state index contributed by atoms with van der Waals surface area (Å²) >= 11 is 0. The van der Waals surface area contributed by atoms with Crippen molar-refractivity contribution < 1.29 is 14.3 Å². The molecule has 0 aliphatic carbocycles. The maximum absolute atomic E-state index is 11.4. The van der Waals surface area contributed by atoms with Crippen molar-refractivity contribution in [3.63, 3.8) is 0 Å². The fourth-order valence-corrected chi connectivity index (χ4v) is 1.62. The van der Waals surface area contributed by atoms with E-state index in [2.05, 4.69) is 18.3 Å². The summed E-state index contributed by atoms with van der Waals surface area (Å²) in [6, 6.07) is 8.06. The van der Waals surface area contributed by atoms with Crippen LogP contribution in [-0.2, 0) is 11.2 Å². The zero-order valence-corrected chi connectivity index (χ0v) is 12.9. The van der Waals surface area contributed by atoms with E-state index in [0.29, 0.717) is 13.2 Å². The van der Waals surface area contributed by atoms with Crippen molar-refractivity contribution in [2.24, 2.45) is 0 Å². The second-order valence-electron chi connectivity index (χ2n) is 5.63. The van der Waals surface area contributed by atoms with Crippen molar-refractivity contribution in [3.05, 3.63) is 29.8 Å². The summed E-state index contributed by atoms with van der Waals surface area (Å²) in [6.07, 6.45) is 1.36. The molecule has 0 aliphatic rings. The van der Waals surface area contributed by atoms with Gasteiger partial charge in [-0.3, -0.25) is 0 Å². The van der Waals surface area contributed by atoms with Crippen LogP contribution in [0.15, 0.2) is 24.3 Å². The lowest BCUT2D eigenvalue weighted by molar-refractivity contribution is 0.0525. The molecule has 0 heterocycles. The van der Waals surface area contributed by atoms with Gasteiger partial charge in [0, 0.05) is 6.54 Å². The molecule has 0 saturated heterocycles. The Balaban J connectivity index is 2.17. The van der Waals surface area contributed by atoms with Crippen LogP contribution in [0.4, 0.5) is 4.79 Å². The van der Waals surface area contributed by atoms with Gasteiger partial charge in [0.1, 0.15) is 11.4 Å². The standard InChI is InChI=1S/C16H25NO3/c1-5-13-8-6-9-14(12-13)19-11-7-10-17-15(18)20-16(2,3)4/h6,8-9,12H,5,7,10-11H2,1-4H3,(H,17,18). The maximum Gasteiger partial charge on any atom is 0.407 e. The van der Waals surface area contributed by atoms with Gasteiger partial charge in [-0.25, -0.2) is 4.79 Å². The van der Waals surface area contributed by atoms with E-state index in [0.717, 1.165) is 18.6 Å². The number of amides is 1. The third kappa shape index (κ3) is 7.02. The summed E-state index contributed by atoms with van der Waals surface area (Å²) in [5.41, 5.74) is 0.802. The maximum atomic E-state index is 11.4. The molecule has 1 amide bonds. The SMILES string of the molecule is CCc1cccc(OCCCNC(=O)OC(C)(C)C)c1. The van der Waals surface area contributed by atoms with E-state index < -0.39 is 5.60 Å². The van der Waals surface area contributed by atoms with Crippen molar-refractivity contribution in [2.45, 2.75) is 46.1 Å².